The van der Waals surface area contributed by atoms with Crippen molar-refractivity contribution in [1.29, 1.82) is 0 Å². The summed E-state index contributed by atoms with van der Waals surface area (Å²) in [4.78, 5) is 16.2. The second-order valence-electron chi connectivity index (χ2n) is 8.34. The number of halogens is 1. The summed E-state index contributed by atoms with van der Waals surface area (Å²) in [6.07, 6.45) is -1.75. The Morgan fingerprint density at radius 3 is 2.64 bits per heavy atom. The molecule has 2 N–H and O–H groups in total. The van der Waals surface area contributed by atoms with Crippen molar-refractivity contribution in [3.05, 3.63) is 52.0 Å². The maximum Gasteiger partial charge on any atom is 0.530 e. The molecule has 5 atom stereocenters. The highest BCUT2D eigenvalue weighted by atomic mass is 35.5. The van der Waals surface area contributed by atoms with Crippen LogP contribution in [0.2, 0.25) is 5.02 Å². The van der Waals surface area contributed by atoms with Gasteiger partial charge in [0.05, 0.1) is 24.8 Å². The molecule has 3 unspecified atom stereocenters. The van der Waals surface area contributed by atoms with Gasteiger partial charge in [0.25, 0.3) is 0 Å². The number of phosphoric ester groups is 1. The Labute approximate surface area is 211 Å². The number of nitrogens with one attached hydrogen (secondary N) is 1. The summed E-state index contributed by atoms with van der Waals surface area (Å²) in [5, 5.41) is 9.22. The summed E-state index contributed by atoms with van der Waals surface area (Å²) in [7, 11) is -2.72. The largest absolute Gasteiger partial charge is 0.530 e. The van der Waals surface area contributed by atoms with Crippen molar-refractivity contribution in [3.8, 4) is 5.75 Å². The Balaban J connectivity index is 1.54. The van der Waals surface area contributed by atoms with Crippen LogP contribution in [-0.2, 0) is 32.6 Å². The number of aromatic nitrogens is 2. The van der Waals surface area contributed by atoms with Gasteiger partial charge in [-0.2, -0.15) is 4.98 Å². The van der Waals surface area contributed by atoms with Crippen molar-refractivity contribution in [3.63, 3.8) is 0 Å². The number of nitrogens with zero attached hydrogens (tertiary/aromatic N) is 2. The van der Waals surface area contributed by atoms with Crippen LogP contribution in [0.25, 0.3) is 0 Å². The Morgan fingerprint density at radius 2 is 1.94 bits per heavy atom. The first kappa shape index (κ1) is 27.0. The van der Waals surface area contributed by atoms with Gasteiger partial charge in [-0.3, -0.25) is 24.3 Å². The first-order valence-corrected chi connectivity index (χ1v) is 12.8. The average molecular weight is 548 g/mol. The molecule has 0 aliphatic carbocycles. The summed E-state index contributed by atoms with van der Waals surface area (Å²) in [5.74, 6) is -0.897. The van der Waals surface area contributed by atoms with Gasteiger partial charge < -0.3 is 23.5 Å². The molecule has 3 heterocycles. The smallest absolute Gasteiger partial charge is 0.402 e. The molecular formula is C21H27ClN3O10P. The molecule has 0 spiro atoms. The minimum Gasteiger partial charge on any atom is -0.402 e. The highest BCUT2D eigenvalue weighted by Gasteiger charge is 2.56. The van der Waals surface area contributed by atoms with Gasteiger partial charge in [0.2, 0.25) is 0 Å². The lowest BCUT2D eigenvalue weighted by molar-refractivity contribution is -0.200. The molecule has 0 radical (unpaired) electrons. The van der Waals surface area contributed by atoms with E-state index in [1.165, 1.54) is 30.0 Å². The van der Waals surface area contributed by atoms with Crippen LogP contribution in [0, 0.1) is 0 Å². The van der Waals surface area contributed by atoms with Crippen molar-refractivity contribution in [1.82, 2.24) is 9.55 Å². The minimum atomic E-state index is -4.19. The topological polar surface area (TPSA) is 149 Å². The van der Waals surface area contributed by atoms with E-state index < -0.39 is 43.8 Å². The van der Waals surface area contributed by atoms with Crippen molar-refractivity contribution in [2.45, 2.75) is 44.2 Å². The van der Waals surface area contributed by atoms with Crippen molar-refractivity contribution >= 4 is 25.2 Å². The lowest BCUT2D eigenvalue weighted by Gasteiger charge is -2.25. The molecule has 198 valence electrons. The Hall–Kier alpha value is -2.06. The zero-order valence-corrected chi connectivity index (χ0v) is 21.4. The predicted molar refractivity (Wildman–Crippen MR) is 125 cm³/mol. The molecule has 2 aliphatic heterocycles. The fourth-order valence-corrected chi connectivity index (χ4v) is 5.25. The molecule has 2 saturated heterocycles. The van der Waals surface area contributed by atoms with Gasteiger partial charge in [-0.25, -0.2) is 9.36 Å². The maximum atomic E-state index is 13.5. The molecule has 36 heavy (non-hydrogen) atoms. The number of rotatable bonds is 11. The number of para-hydroxylation sites is 1. The quantitative estimate of drug-likeness (QED) is 0.242. The number of methoxy groups -OCH3 is 1. The van der Waals surface area contributed by atoms with Gasteiger partial charge in [-0.15, -0.1) is 0 Å². The van der Waals surface area contributed by atoms with Gasteiger partial charge >= 0.3 is 13.5 Å². The van der Waals surface area contributed by atoms with Gasteiger partial charge in [-0.1, -0.05) is 23.7 Å². The van der Waals surface area contributed by atoms with Crippen LogP contribution in [-0.4, -0.2) is 65.8 Å². The molecule has 4 rings (SSSR count). The number of ether oxygens (including phenoxy) is 4. The van der Waals surface area contributed by atoms with E-state index in [0.29, 0.717) is 0 Å². The third-order valence-corrected chi connectivity index (χ3v) is 7.02. The highest BCUT2D eigenvalue weighted by Crippen LogP contribution is 2.52. The predicted octanol–water partition coefficient (Wildman–Crippen LogP) is 2.98. The van der Waals surface area contributed by atoms with E-state index in [1.54, 1.807) is 32.0 Å². The van der Waals surface area contributed by atoms with E-state index in [1.807, 2.05) is 5.48 Å². The number of benzene rings is 1. The van der Waals surface area contributed by atoms with E-state index >= 15 is 0 Å². The van der Waals surface area contributed by atoms with Crippen LogP contribution >= 0.6 is 19.4 Å². The fraction of sp³-hybridized carbons (Fsp3) is 0.524. The lowest BCUT2D eigenvalue weighted by Crippen LogP contribution is -2.34. The van der Waals surface area contributed by atoms with E-state index in [4.69, 9.17) is 49.3 Å². The van der Waals surface area contributed by atoms with E-state index in [0.717, 1.165) is 0 Å². The minimum absolute atomic E-state index is 0.0273. The summed E-state index contributed by atoms with van der Waals surface area (Å²) < 4.78 is 54.2. The van der Waals surface area contributed by atoms with Gasteiger partial charge in [0.1, 0.15) is 24.1 Å². The second-order valence-corrected chi connectivity index (χ2v) is 10.3. The monoisotopic (exact) mass is 547 g/mol. The molecule has 2 aromatic rings. The number of hydrogen-bond acceptors (Lipinski definition) is 12. The molecule has 0 saturated carbocycles. The Morgan fingerprint density at radius 1 is 1.19 bits per heavy atom. The number of hydrogen-bond donors (Lipinski definition) is 2. The average Bonchev–Trinajstić information content (AvgIpc) is 3.32. The van der Waals surface area contributed by atoms with Gasteiger partial charge in [0, 0.05) is 13.3 Å². The molecule has 0 bridgehead atoms. The van der Waals surface area contributed by atoms with Crippen LogP contribution in [0.15, 0.2) is 41.3 Å². The summed E-state index contributed by atoms with van der Waals surface area (Å²) in [6, 6.07) is 7.83. The maximum absolute atomic E-state index is 13.5. The number of phosphoric acid groups is 1. The van der Waals surface area contributed by atoms with Crippen LogP contribution < -0.4 is 15.7 Å². The second kappa shape index (κ2) is 11.1. The highest BCUT2D eigenvalue weighted by molar-refractivity contribution is 7.48. The van der Waals surface area contributed by atoms with Crippen molar-refractivity contribution < 1.29 is 42.3 Å². The van der Waals surface area contributed by atoms with Crippen LogP contribution in [0.4, 0.5) is 5.82 Å². The molecule has 1 aromatic carbocycles. The zero-order chi connectivity index (χ0) is 25.9. The third-order valence-electron chi connectivity index (χ3n) is 5.32. The first-order valence-electron chi connectivity index (χ1n) is 11.0. The zero-order valence-electron chi connectivity index (χ0n) is 19.7. The Kier molecular flexibility index (Phi) is 8.35. The summed E-state index contributed by atoms with van der Waals surface area (Å²) in [5.41, 5.74) is 1.13. The molecule has 2 fully saturated rings. The van der Waals surface area contributed by atoms with Gasteiger partial charge in [-0.05, 0) is 32.0 Å². The summed E-state index contributed by atoms with van der Waals surface area (Å²) in [6.45, 7) is 3.23. The van der Waals surface area contributed by atoms with Gasteiger partial charge in [0.15, 0.2) is 17.8 Å². The Bertz CT molecular complexity index is 1160. The van der Waals surface area contributed by atoms with Crippen LogP contribution in [0.3, 0.4) is 0 Å². The SMILES string of the molecule is COCCOP(=O)(OCC1OC(n2ccc(NO)nc2=O)[C@@H]2OC(C)(C)O[C@H]12)Oc1ccccc1Cl. The number of fused-ring (bicyclic) bond motifs is 1. The van der Waals surface area contributed by atoms with E-state index in [9.17, 15) is 9.36 Å². The first-order chi connectivity index (χ1) is 17.1. The van der Waals surface area contributed by atoms with Crippen LogP contribution in [0.5, 0.6) is 5.75 Å². The molecule has 0 amide bonds. The van der Waals surface area contributed by atoms with E-state index in [2.05, 4.69) is 4.98 Å². The molecule has 15 heteroatoms. The molecule has 2 aliphatic rings. The third kappa shape index (κ3) is 6.08. The van der Waals surface area contributed by atoms with E-state index in [-0.39, 0.29) is 36.4 Å². The van der Waals surface area contributed by atoms with Crippen molar-refractivity contribution in [2.75, 3.05) is 32.4 Å². The fourth-order valence-electron chi connectivity index (χ4n) is 3.81. The van der Waals surface area contributed by atoms with Crippen LogP contribution in [0.1, 0.15) is 20.1 Å². The molecule has 13 nitrogen and oxygen atoms in total. The lowest BCUT2D eigenvalue weighted by atomic mass is 10.1. The molecule has 1 aromatic heterocycles. The number of anilines is 1. The summed E-state index contributed by atoms with van der Waals surface area (Å²) >= 11 is 6.15. The van der Waals surface area contributed by atoms with Crippen molar-refractivity contribution in [2.24, 2.45) is 0 Å². The standard InChI is InChI=1S/C21H27ClN3O10P/c1-21(2)33-17-15(32-19(18(17)34-21)25-9-8-16(24-27)23-20(25)26)12-31-36(28,30-11-10-29-3)35-14-7-5-4-6-13(14)22/h4-9,15,17-19,27H,10-12H2,1-3H3,(H,23,24,26)/t15?,17-,18-,19?,36?/m1/s1. The molecular weight excluding hydrogens is 521 g/mol. The normalized spacial score (nSPS) is 26.4.